The minimum absolute atomic E-state index is 0.00395. The summed E-state index contributed by atoms with van der Waals surface area (Å²) in [6.07, 6.45) is 7.35. The van der Waals surface area contributed by atoms with Gasteiger partial charge in [0, 0.05) is 34.5 Å². The molecule has 3 atom stereocenters. The number of hydrogen-bond acceptors (Lipinski definition) is 9. The van der Waals surface area contributed by atoms with E-state index in [1.807, 2.05) is 30.3 Å². The lowest BCUT2D eigenvalue weighted by Gasteiger charge is -2.38. The molecule has 2 rings (SSSR count). The van der Waals surface area contributed by atoms with Crippen LogP contribution in [0.3, 0.4) is 0 Å². The van der Waals surface area contributed by atoms with E-state index in [-0.39, 0.29) is 12.8 Å². The quantitative estimate of drug-likeness (QED) is 0.0514. The monoisotopic (exact) mass is 721 g/mol. The number of rotatable bonds is 20. The van der Waals surface area contributed by atoms with Gasteiger partial charge in [-0.3, -0.25) is 24.2 Å². The van der Waals surface area contributed by atoms with Crippen molar-refractivity contribution in [1.29, 1.82) is 0 Å². The van der Waals surface area contributed by atoms with Crippen LogP contribution >= 0.6 is 22.6 Å². The molecule has 0 aliphatic rings. The lowest BCUT2D eigenvalue weighted by Crippen LogP contribution is -2.66. The molecule has 0 fully saturated rings. The number of benzene rings is 1. The molecule has 10 nitrogen and oxygen atoms in total. The van der Waals surface area contributed by atoms with E-state index in [1.54, 1.807) is 24.4 Å². The molecule has 1 amide bonds. The van der Waals surface area contributed by atoms with E-state index in [0.29, 0.717) is 19.3 Å². The zero-order valence-electron chi connectivity index (χ0n) is 26.2. The van der Waals surface area contributed by atoms with E-state index >= 15 is 0 Å². The van der Waals surface area contributed by atoms with Gasteiger partial charge in [0.25, 0.3) is 5.91 Å². The van der Waals surface area contributed by atoms with Crippen LogP contribution in [0.4, 0.5) is 0 Å². The maximum Gasteiger partial charge on any atom is 0.404 e. The number of likely N-dealkylation sites (N-methyl/N-ethyl adjacent to an activating group) is 1. The highest BCUT2D eigenvalue weighted by molar-refractivity contribution is 14.1. The van der Waals surface area contributed by atoms with Crippen molar-refractivity contribution in [1.82, 2.24) is 15.1 Å². The van der Waals surface area contributed by atoms with E-state index in [4.69, 9.17) is 9.47 Å². The Bertz CT molecular complexity index is 1190. The second kappa shape index (κ2) is 19.5. The third kappa shape index (κ3) is 11.6. The molecule has 2 N–H and O–H groups in total. The summed E-state index contributed by atoms with van der Waals surface area (Å²) in [5.74, 6) is -2.84. The van der Waals surface area contributed by atoms with Crippen LogP contribution in [0.1, 0.15) is 76.5 Å². The molecule has 0 bridgehead atoms. The summed E-state index contributed by atoms with van der Waals surface area (Å²) in [6.45, 7) is 3.52. The summed E-state index contributed by atoms with van der Waals surface area (Å²) in [5.41, 5.74) is -0.300. The van der Waals surface area contributed by atoms with E-state index in [0.717, 1.165) is 43.4 Å². The van der Waals surface area contributed by atoms with E-state index in [2.05, 4.69) is 17.2 Å². The van der Waals surface area contributed by atoms with Gasteiger partial charge in [-0.15, -0.1) is 0 Å². The van der Waals surface area contributed by atoms with Gasteiger partial charge in [-0.2, -0.15) is 0 Å². The normalized spacial score (nSPS) is 13.8. The average molecular weight is 721 g/mol. The first kappa shape index (κ1) is 37.4. The zero-order chi connectivity index (χ0) is 32.5. The lowest BCUT2D eigenvalue weighted by molar-refractivity contribution is -0.156. The summed E-state index contributed by atoms with van der Waals surface area (Å²) < 4.78 is 10.0. The minimum atomic E-state index is -1.79. The summed E-state index contributed by atoms with van der Waals surface area (Å²) in [5, 5.41) is 14.4. The third-order valence-corrected chi connectivity index (χ3v) is 8.82. The topological polar surface area (TPSA) is 135 Å². The molecule has 1 aromatic heterocycles. The fraction of sp³-hybridized carbons (Fsp3) is 0.531. The number of aryl methyl sites for hydroxylation is 1. The zero-order valence-corrected chi connectivity index (χ0v) is 28.3. The molecule has 0 saturated carbocycles. The maximum absolute atomic E-state index is 13.7. The fourth-order valence-corrected chi connectivity index (χ4v) is 5.44. The number of carbonyl (C=O) groups excluding carboxylic acids is 4. The summed E-state index contributed by atoms with van der Waals surface area (Å²) in [7, 11) is 1.19. The van der Waals surface area contributed by atoms with E-state index < -0.39 is 46.3 Å². The highest BCUT2D eigenvalue weighted by atomic mass is 127. The van der Waals surface area contributed by atoms with Gasteiger partial charge in [-0.05, 0) is 50.9 Å². The Hall–Kier alpha value is -2.84. The Morgan fingerprint density at radius 3 is 2.30 bits per heavy atom. The smallest absolute Gasteiger partial charge is 0.404 e. The molecule has 1 heterocycles. The molecule has 0 aliphatic heterocycles. The van der Waals surface area contributed by atoms with Crippen molar-refractivity contribution in [3.8, 4) is 0 Å². The Morgan fingerprint density at radius 2 is 1.68 bits per heavy atom. The SMILES string of the molecule is CCCCCCCCC(NC(=O)C(CCc1ccccn1)OC(=O)Cc1ccccc1)B(O)N(C)C(C)(C(=O)I)C(=O)OC. The van der Waals surface area contributed by atoms with Crippen molar-refractivity contribution in [3.05, 3.63) is 66.0 Å². The molecule has 2 aromatic rings. The molecule has 3 unspecified atom stereocenters. The van der Waals surface area contributed by atoms with Crippen LogP contribution in [-0.4, -0.2) is 75.2 Å². The van der Waals surface area contributed by atoms with Gasteiger partial charge >= 0.3 is 19.0 Å². The predicted octanol–water partition coefficient (Wildman–Crippen LogP) is 4.25. The number of methoxy groups -OCH3 is 1. The van der Waals surface area contributed by atoms with Crippen LogP contribution in [0.2, 0.25) is 0 Å². The summed E-state index contributed by atoms with van der Waals surface area (Å²) in [4.78, 5) is 57.5. The standard InChI is InChI=1S/C32H45BIN3O7/c1-5-6-7-8-9-13-19-27(33(42)37(3)32(2,30(34)40)31(41)43-4)36-29(39)26(21-20-25-18-14-15-22-35-25)44-28(38)23-24-16-11-10-12-17-24/h10-12,14-18,22,26-27,42H,5-9,13,19-21,23H2,1-4H3,(H,36,39). The number of esters is 2. The van der Waals surface area contributed by atoms with Gasteiger partial charge < -0.3 is 19.8 Å². The molecule has 44 heavy (non-hydrogen) atoms. The van der Waals surface area contributed by atoms with Crippen LogP contribution in [0.15, 0.2) is 54.7 Å². The van der Waals surface area contributed by atoms with Crippen LogP contribution in [0.5, 0.6) is 0 Å². The first-order valence-corrected chi connectivity index (χ1v) is 16.2. The van der Waals surface area contributed by atoms with Crippen LogP contribution in [0, 0.1) is 0 Å². The van der Waals surface area contributed by atoms with Gasteiger partial charge in [0.05, 0.1) is 19.5 Å². The highest BCUT2D eigenvalue weighted by Crippen LogP contribution is 2.23. The molecule has 1 aromatic carbocycles. The molecule has 0 radical (unpaired) electrons. The summed E-state index contributed by atoms with van der Waals surface area (Å²) >= 11 is 1.51. The number of nitrogens with one attached hydrogen (secondary N) is 1. The van der Waals surface area contributed by atoms with Gasteiger partial charge in [0.2, 0.25) is 3.79 Å². The molecular weight excluding hydrogens is 676 g/mol. The number of unbranched alkanes of at least 4 members (excludes halogenated alkanes) is 5. The van der Waals surface area contributed by atoms with Crippen molar-refractivity contribution in [2.24, 2.45) is 0 Å². The van der Waals surface area contributed by atoms with Crippen molar-refractivity contribution < 1.29 is 33.7 Å². The fourth-order valence-electron chi connectivity index (χ4n) is 4.84. The van der Waals surface area contributed by atoms with Gasteiger partial charge in [0.1, 0.15) is 0 Å². The number of ether oxygens (including phenoxy) is 2. The summed E-state index contributed by atoms with van der Waals surface area (Å²) in [6, 6.07) is 14.6. The molecular formula is C32H45BIN3O7. The Balaban J connectivity index is 2.28. The largest absolute Gasteiger partial charge is 0.467 e. The van der Waals surface area contributed by atoms with Crippen molar-refractivity contribution in [2.75, 3.05) is 14.2 Å². The Labute approximate surface area is 274 Å². The number of amides is 1. The van der Waals surface area contributed by atoms with Gasteiger partial charge in [-0.25, -0.2) is 4.79 Å². The van der Waals surface area contributed by atoms with Gasteiger partial charge in [0.15, 0.2) is 11.6 Å². The van der Waals surface area contributed by atoms with Crippen molar-refractivity contribution in [2.45, 2.75) is 95.6 Å². The molecule has 12 heteroatoms. The predicted molar refractivity (Wildman–Crippen MR) is 178 cm³/mol. The highest BCUT2D eigenvalue weighted by Gasteiger charge is 2.50. The number of aromatic nitrogens is 1. The van der Waals surface area contributed by atoms with Gasteiger partial charge in [-0.1, -0.05) is 81.8 Å². The second-order valence-corrected chi connectivity index (χ2v) is 12.0. The van der Waals surface area contributed by atoms with Crippen molar-refractivity contribution in [3.63, 3.8) is 0 Å². The first-order chi connectivity index (χ1) is 21.0. The van der Waals surface area contributed by atoms with E-state index in [1.165, 1.54) is 48.5 Å². The van der Waals surface area contributed by atoms with Crippen LogP contribution < -0.4 is 5.32 Å². The molecule has 0 saturated heterocycles. The molecule has 0 spiro atoms. The number of nitrogens with zero attached hydrogens (tertiary/aromatic N) is 2. The maximum atomic E-state index is 13.7. The van der Waals surface area contributed by atoms with Crippen LogP contribution in [0.25, 0.3) is 0 Å². The average Bonchev–Trinajstić information content (AvgIpc) is 3.03. The Morgan fingerprint density at radius 1 is 1.02 bits per heavy atom. The van der Waals surface area contributed by atoms with Crippen molar-refractivity contribution >= 4 is 51.3 Å². The Kier molecular flexibility index (Phi) is 16.6. The number of hydrogen-bond donors (Lipinski definition) is 2. The number of pyridine rings is 1. The number of halogens is 1. The molecule has 0 aliphatic carbocycles. The molecule has 240 valence electrons. The third-order valence-electron chi connectivity index (χ3n) is 7.77. The number of carbonyl (C=O) groups is 4. The minimum Gasteiger partial charge on any atom is -0.467 e. The first-order valence-electron chi connectivity index (χ1n) is 15.2. The van der Waals surface area contributed by atoms with Crippen LogP contribution in [-0.2, 0) is 41.5 Å². The van der Waals surface area contributed by atoms with E-state index in [9.17, 15) is 24.2 Å². The second-order valence-electron chi connectivity index (χ2n) is 11.0. The lowest BCUT2D eigenvalue weighted by atomic mass is 9.66.